The molecule has 22 heavy (non-hydrogen) atoms. The zero-order valence-electron chi connectivity index (χ0n) is 11.7. The first-order chi connectivity index (χ1) is 10.8. The maximum Gasteiger partial charge on any atom is 0.247 e. The van der Waals surface area contributed by atoms with Crippen molar-refractivity contribution in [1.29, 1.82) is 0 Å². The van der Waals surface area contributed by atoms with E-state index in [0.717, 1.165) is 16.3 Å². The van der Waals surface area contributed by atoms with E-state index >= 15 is 0 Å². The Kier molecular flexibility index (Phi) is 4.60. The summed E-state index contributed by atoms with van der Waals surface area (Å²) < 4.78 is 10.8. The van der Waals surface area contributed by atoms with Crippen LogP contribution >= 0.6 is 23.4 Å². The molecule has 3 aromatic rings. The topological polar surface area (TPSA) is 61.0 Å². The van der Waals surface area contributed by atoms with E-state index < -0.39 is 0 Å². The van der Waals surface area contributed by atoms with Gasteiger partial charge in [0.1, 0.15) is 10.8 Å². The number of hydrogen-bond acceptors (Lipinski definition) is 6. The Labute approximate surface area is 136 Å². The standard InChI is InChI=1S/C15H12ClN3O2S/c1-20-11-6-4-10(5-7-11)14-19-18-13(21-14)9-22-15-12(16)3-2-8-17-15/h2-8H,9H2,1H3. The van der Waals surface area contributed by atoms with Crippen LogP contribution in [0, 0.1) is 0 Å². The molecule has 0 N–H and O–H groups in total. The van der Waals surface area contributed by atoms with Gasteiger partial charge in [-0.2, -0.15) is 0 Å². The summed E-state index contributed by atoms with van der Waals surface area (Å²) in [5, 5.41) is 9.45. The number of nitrogens with zero attached hydrogens (tertiary/aromatic N) is 3. The number of thioether (sulfide) groups is 1. The molecule has 0 aliphatic rings. The summed E-state index contributed by atoms with van der Waals surface area (Å²) in [5.74, 6) is 2.30. The van der Waals surface area contributed by atoms with Crippen LogP contribution in [0.4, 0.5) is 0 Å². The van der Waals surface area contributed by atoms with Crippen molar-refractivity contribution in [2.45, 2.75) is 10.8 Å². The Morgan fingerprint density at radius 2 is 2.00 bits per heavy atom. The highest BCUT2D eigenvalue weighted by Crippen LogP contribution is 2.28. The minimum absolute atomic E-state index is 0.477. The molecule has 3 rings (SSSR count). The van der Waals surface area contributed by atoms with Crippen LogP contribution in [0.2, 0.25) is 5.02 Å². The van der Waals surface area contributed by atoms with Gasteiger partial charge in [-0.1, -0.05) is 23.4 Å². The Morgan fingerprint density at radius 3 is 2.73 bits per heavy atom. The molecule has 2 heterocycles. The summed E-state index contributed by atoms with van der Waals surface area (Å²) in [7, 11) is 1.62. The van der Waals surface area contributed by atoms with Crippen molar-refractivity contribution in [3.8, 4) is 17.2 Å². The predicted molar refractivity (Wildman–Crippen MR) is 85.1 cm³/mol. The van der Waals surface area contributed by atoms with Crippen molar-refractivity contribution in [3.63, 3.8) is 0 Å². The van der Waals surface area contributed by atoms with Crippen LogP contribution in [-0.2, 0) is 5.75 Å². The van der Waals surface area contributed by atoms with Gasteiger partial charge in [-0.3, -0.25) is 0 Å². The smallest absolute Gasteiger partial charge is 0.247 e. The molecule has 0 unspecified atom stereocenters. The molecule has 0 saturated heterocycles. The van der Waals surface area contributed by atoms with Crippen molar-refractivity contribution in [2.24, 2.45) is 0 Å². The highest BCUT2D eigenvalue weighted by atomic mass is 35.5. The molecular formula is C15H12ClN3O2S. The van der Waals surface area contributed by atoms with Crippen molar-refractivity contribution >= 4 is 23.4 Å². The Bertz CT molecular complexity index is 761. The minimum atomic E-state index is 0.477. The summed E-state index contributed by atoms with van der Waals surface area (Å²) in [6, 6.07) is 11.0. The first-order valence-electron chi connectivity index (χ1n) is 6.46. The van der Waals surface area contributed by atoms with Gasteiger partial charge < -0.3 is 9.15 Å². The van der Waals surface area contributed by atoms with Crippen molar-refractivity contribution in [2.75, 3.05) is 7.11 Å². The first-order valence-corrected chi connectivity index (χ1v) is 7.83. The zero-order valence-corrected chi connectivity index (χ0v) is 13.3. The number of hydrogen-bond donors (Lipinski definition) is 0. The second-order valence-corrected chi connectivity index (χ2v) is 5.68. The van der Waals surface area contributed by atoms with Crippen LogP contribution in [0.5, 0.6) is 5.75 Å². The number of aromatic nitrogens is 3. The SMILES string of the molecule is COc1ccc(-c2nnc(CSc3ncccc3Cl)o2)cc1. The first kappa shape index (κ1) is 14.9. The van der Waals surface area contributed by atoms with Gasteiger partial charge in [0.2, 0.25) is 11.8 Å². The van der Waals surface area contributed by atoms with Crippen molar-refractivity contribution in [3.05, 3.63) is 53.5 Å². The van der Waals surface area contributed by atoms with E-state index in [1.165, 1.54) is 11.8 Å². The fraction of sp³-hybridized carbons (Fsp3) is 0.133. The van der Waals surface area contributed by atoms with Gasteiger partial charge in [0.25, 0.3) is 0 Å². The summed E-state index contributed by atoms with van der Waals surface area (Å²) in [5.41, 5.74) is 0.848. The number of rotatable bonds is 5. The number of pyridine rings is 1. The molecule has 0 bridgehead atoms. The normalized spacial score (nSPS) is 10.6. The van der Waals surface area contributed by atoms with Crippen LogP contribution in [-0.4, -0.2) is 22.3 Å². The van der Waals surface area contributed by atoms with Gasteiger partial charge in [-0.15, -0.1) is 10.2 Å². The molecule has 0 atom stereocenters. The van der Waals surface area contributed by atoms with E-state index in [2.05, 4.69) is 15.2 Å². The molecule has 0 amide bonds. The number of halogens is 1. The van der Waals surface area contributed by atoms with E-state index in [0.29, 0.717) is 22.6 Å². The highest BCUT2D eigenvalue weighted by Gasteiger charge is 2.10. The molecule has 0 fully saturated rings. The molecule has 1 aromatic carbocycles. The highest BCUT2D eigenvalue weighted by molar-refractivity contribution is 7.98. The van der Waals surface area contributed by atoms with E-state index in [1.54, 1.807) is 25.4 Å². The van der Waals surface area contributed by atoms with Crippen LogP contribution in [0.1, 0.15) is 5.89 Å². The fourth-order valence-corrected chi connectivity index (χ4v) is 2.77. The lowest BCUT2D eigenvalue weighted by Gasteiger charge is -2.00. The quantitative estimate of drug-likeness (QED) is 0.655. The third-order valence-electron chi connectivity index (χ3n) is 2.86. The summed E-state index contributed by atoms with van der Waals surface area (Å²) in [6.07, 6.45) is 1.70. The lowest BCUT2D eigenvalue weighted by Crippen LogP contribution is -1.84. The molecule has 0 radical (unpaired) electrons. The molecule has 2 aromatic heterocycles. The molecule has 5 nitrogen and oxygen atoms in total. The van der Waals surface area contributed by atoms with Gasteiger partial charge in [0.05, 0.1) is 17.9 Å². The van der Waals surface area contributed by atoms with Crippen LogP contribution < -0.4 is 4.74 Å². The third-order valence-corrected chi connectivity index (χ3v) is 4.27. The lowest BCUT2D eigenvalue weighted by atomic mass is 10.2. The number of ether oxygens (including phenoxy) is 1. The largest absolute Gasteiger partial charge is 0.497 e. The molecule has 0 saturated carbocycles. The summed E-state index contributed by atoms with van der Waals surface area (Å²) in [4.78, 5) is 4.20. The van der Waals surface area contributed by atoms with Crippen LogP contribution in [0.25, 0.3) is 11.5 Å². The fourth-order valence-electron chi connectivity index (χ4n) is 1.77. The van der Waals surface area contributed by atoms with E-state index in [4.69, 9.17) is 20.8 Å². The van der Waals surface area contributed by atoms with Gasteiger partial charge in [0.15, 0.2) is 0 Å². The van der Waals surface area contributed by atoms with Crippen molar-refractivity contribution < 1.29 is 9.15 Å². The summed E-state index contributed by atoms with van der Waals surface area (Å²) in [6.45, 7) is 0. The predicted octanol–water partition coefficient (Wildman–Crippen LogP) is 4.09. The number of methoxy groups -OCH3 is 1. The maximum atomic E-state index is 6.06. The Hall–Kier alpha value is -2.05. The second kappa shape index (κ2) is 6.81. The average Bonchev–Trinajstić information content (AvgIpc) is 3.03. The molecule has 112 valence electrons. The Balaban J connectivity index is 1.69. The van der Waals surface area contributed by atoms with Crippen LogP contribution in [0.3, 0.4) is 0 Å². The van der Waals surface area contributed by atoms with Gasteiger partial charge in [-0.25, -0.2) is 4.98 Å². The second-order valence-electron chi connectivity index (χ2n) is 4.31. The molecule has 7 heteroatoms. The maximum absolute atomic E-state index is 6.06. The van der Waals surface area contributed by atoms with Crippen LogP contribution in [0.15, 0.2) is 52.0 Å². The van der Waals surface area contributed by atoms with Gasteiger partial charge in [-0.05, 0) is 36.4 Å². The van der Waals surface area contributed by atoms with E-state index in [1.807, 2.05) is 24.3 Å². The summed E-state index contributed by atoms with van der Waals surface area (Å²) >= 11 is 7.51. The average molecular weight is 334 g/mol. The van der Waals surface area contributed by atoms with E-state index in [-0.39, 0.29) is 0 Å². The number of benzene rings is 1. The minimum Gasteiger partial charge on any atom is -0.497 e. The molecule has 0 aliphatic heterocycles. The van der Waals surface area contributed by atoms with E-state index in [9.17, 15) is 0 Å². The molecular weight excluding hydrogens is 322 g/mol. The van der Waals surface area contributed by atoms with Gasteiger partial charge >= 0.3 is 0 Å². The van der Waals surface area contributed by atoms with Crippen molar-refractivity contribution in [1.82, 2.24) is 15.2 Å². The molecule has 0 spiro atoms. The van der Waals surface area contributed by atoms with Gasteiger partial charge in [0, 0.05) is 11.8 Å². The zero-order chi connectivity index (χ0) is 15.4. The monoisotopic (exact) mass is 333 g/mol. The Morgan fingerprint density at radius 1 is 1.18 bits per heavy atom. The lowest BCUT2D eigenvalue weighted by molar-refractivity contribution is 0.415. The third kappa shape index (κ3) is 3.40. The molecule has 0 aliphatic carbocycles.